The second-order valence-electron chi connectivity index (χ2n) is 6.34. The average molecular weight is 410 g/mol. The van der Waals surface area contributed by atoms with Crippen LogP contribution in [0.1, 0.15) is 22.8 Å². The maximum atomic E-state index is 12.3. The molecule has 3 aromatic rings. The Hall–Kier alpha value is -3.31. The van der Waals surface area contributed by atoms with Crippen LogP contribution in [0.3, 0.4) is 0 Å². The van der Waals surface area contributed by atoms with Crippen molar-refractivity contribution in [3.05, 3.63) is 95.0 Å². The van der Waals surface area contributed by atoms with Gasteiger partial charge in [0.2, 0.25) is 0 Å². The number of hydrogen-bond acceptors (Lipinski definition) is 4. The van der Waals surface area contributed by atoms with E-state index in [4.69, 9.17) is 21.1 Å². The third-order valence-electron chi connectivity index (χ3n) is 4.10. The topological polar surface area (TPSA) is 64.6 Å². The summed E-state index contributed by atoms with van der Waals surface area (Å²) in [7, 11) is 0. The highest BCUT2D eigenvalue weighted by molar-refractivity contribution is 6.30. The van der Waals surface area contributed by atoms with Crippen LogP contribution in [0.5, 0.6) is 5.75 Å². The molecular weight excluding hydrogens is 390 g/mol. The lowest BCUT2D eigenvalue weighted by Gasteiger charge is -2.14. The molecule has 1 N–H and O–H groups in total. The van der Waals surface area contributed by atoms with Crippen LogP contribution in [-0.2, 0) is 16.1 Å². The van der Waals surface area contributed by atoms with E-state index in [1.54, 1.807) is 48.5 Å². The summed E-state index contributed by atoms with van der Waals surface area (Å²) < 4.78 is 10.9. The molecule has 0 aromatic heterocycles. The van der Waals surface area contributed by atoms with Gasteiger partial charge in [0, 0.05) is 10.7 Å². The second kappa shape index (κ2) is 9.75. The molecule has 0 fully saturated rings. The van der Waals surface area contributed by atoms with Gasteiger partial charge in [0.05, 0.1) is 5.56 Å². The van der Waals surface area contributed by atoms with E-state index in [0.717, 1.165) is 5.56 Å². The van der Waals surface area contributed by atoms with Gasteiger partial charge in [-0.05, 0) is 61.0 Å². The second-order valence-corrected chi connectivity index (χ2v) is 6.78. The van der Waals surface area contributed by atoms with Gasteiger partial charge in [0.1, 0.15) is 12.4 Å². The number of halogens is 1. The van der Waals surface area contributed by atoms with Gasteiger partial charge in [0.15, 0.2) is 6.10 Å². The Morgan fingerprint density at radius 3 is 2.24 bits per heavy atom. The lowest BCUT2D eigenvalue weighted by Crippen LogP contribution is -2.29. The number of anilines is 1. The van der Waals surface area contributed by atoms with Crippen molar-refractivity contribution in [1.82, 2.24) is 0 Å². The summed E-state index contributed by atoms with van der Waals surface area (Å²) in [5.74, 6) is -0.326. The first-order valence-corrected chi connectivity index (χ1v) is 9.43. The summed E-state index contributed by atoms with van der Waals surface area (Å²) in [5, 5.41) is 3.23. The summed E-state index contributed by atoms with van der Waals surface area (Å²) in [6.07, 6.45) is -0.952. The molecule has 0 aliphatic carbocycles. The molecule has 0 unspecified atom stereocenters. The summed E-state index contributed by atoms with van der Waals surface area (Å²) in [4.78, 5) is 24.4. The molecule has 3 aromatic carbocycles. The smallest absolute Gasteiger partial charge is 0.338 e. The van der Waals surface area contributed by atoms with Gasteiger partial charge in [-0.25, -0.2) is 4.79 Å². The Bertz CT molecular complexity index is 956. The van der Waals surface area contributed by atoms with Crippen LogP contribution in [0.25, 0.3) is 0 Å². The highest BCUT2D eigenvalue weighted by Gasteiger charge is 2.19. The fourth-order valence-electron chi connectivity index (χ4n) is 2.49. The SMILES string of the molecule is C[C@@H](OC(=O)c1ccc(Cl)cc1)C(=O)Nc1ccc(OCc2ccccc2)cc1. The van der Waals surface area contributed by atoms with Crippen LogP contribution < -0.4 is 10.1 Å². The van der Waals surface area contributed by atoms with Gasteiger partial charge in [-0.15, -0.1) is 0 Å². The molecule has 0 bridgehead atoms. The summed E-state index contributed by atoms with van der Waals surface area (Å²) in [6.45, 7) is 1.98. The van der Waals surface area contributed by atoms with Crippen molar-refractivity contribution in [2.45, 2.75) is 19.6 Å². The normalized spacial score (nSPS) is 11.4. The standard InChI is InChI=1S/C23H20ClNO4/c1-16(29-23(27)18-7-9-19(24)10-8-18)22(26)25-20-11-13-21(14-12-20)28-15-17-5-3-2-4-6-17/h2-14,16H,15H2,1H3,(H,25,26)/t16-/m1/s1. The highest BCUT2D eigenvalue weighted by Crippen LogP contribution is 2.18. The van der Waals surface area contributed by atoms with Crippen molar-refractivity contribution >= 4 is 29.2 Å². The Balaban J connectivity index is 1.50. The molecule has 5 nitrogen and oxygen atoms in total. The van der Waals surface area contributed by atoms with Gasteiger partial charge in [0.25, 0.3) is 5.91 Å². The molecule has 0 radical (unpaired) electrons. The predicted molar refractivity (Wildman–Crippen MR) is 112 cm³/mol. The van der Waals surface area contributed by atoms with E-state index in [1.165, 1.54) is 6.92 Å². The van der Waals surface area contributed by atoms with Crippen molar-refractivity contribution in [3.8, 4) is 5.75 Å². The van der Waals surface area contributed by atoms with Crippen molar-refractivity contribution in [3.63, 3.8) is 0 Å². The molecule has 0 spiro atoms. The first kappa shape index (κ1) is 20.4. The van der Waals surface area contributed by atoms with E-state index in [-0.39, 0.29) is 0 Å². The fraction of sp³-hybridized carbons (Fsp3) is 0.130. The summed E-state index contributed by atoms with van der Waals surface area (Å²) >= 11 is 5.80. The van der Waals surface area contributed by atoms with Crippen LogP contribution in [-0.4, -0.2) is 18.0 Å². The van der Waals surface area contributed by atoms with Crippen molar-refractivity contribution in [2.75, 3.05) is 5.32 Å². The summed E-state index contributed by atoms with van der Waals surface area (Å²) in [5.41, 5.74) is 1.98. The summed E-state index contributed by atoms with van der Waals surface area (Å²) in [6, 6.07) is 23.1. The quantitative estimate of drug-likeness (QED) is 0.551. The zero-order valence-electron chi connectivity index (χ0n) is 15.8. The number of rotatable bonds is 7. The minimum atomic E-state index is -0.952. The van der Waals surface area contributed by atoms with Crippen molar-refractivity contribution in [1.29, 1.82) is 0 Å². The van der Waals surface area contributed by atoms with Gasteiger partial charge in [-0.3, -0.25) is 4.79 Å². The third kappa shape index (κ3) is 6.09. The van der Waals surface area contributed by atoms with Gasteiger partial charge in [-0.2, -0.15) is 0 Å². The van der Waals surface area contributed by atoms with E-state index in [0.29, 0.717) is 28.6 Å². The molecule has 0 saturated heterocycles. The minimum absolute atomic E-state index is 0.328. The molecule has 6 heteroatoms. The minimum Gasteiger partial charge on any atom is -0.489 e. The van der Waals surface area contributed by atoms with E-state index in [9.17, 15) is 9.59 Å². The molecular formula is C23H20ClNO4. The van der Waals surface area contributed by atoms with Crippen molar-refractivity contribution < 1.29 is 19.1 Å². The van der Waals surface area contributed by atoms with Crippen LogP contribution in [0.15, 0.2) is 78.9 Å². The molecule has 148 valence electrons. The molecule has 0 aliphatic heterocycles. The number of ether oxygens (including phenoxy) is 2. The number of amides is 1. The van der Waals surface area contributed by atoms with Crippen LogP contribution >= 0.6 is 11.6 Å². The fourth-order valence-corrected chi connectivity index (χ4v) is 2.61. The Labute approximate surface area is 174 Å². The van der Waals surface area contributed by atoms with E-state index in [2.05, 4.69) is 5.32 Å². The lowest BCUT2D eigenvalue weighted by molar-refractivity contribution is -0.123. The molecule has 0 saturated carbocycles. The molecule has 0 heterocycles. The monoisotopic (exact) mass is 409 g/mol. The zero-order chi connectivity index (χ0) is 20.6. The van der Waals surface area contributed by atoms with Crippen molar-refractivity contribution in [2.24, 2.45) is 0 Å². The highest BCUT2D eigenvalue weighted by atomic mass is 35.5. The number of esters is 1. The average Bonchev–Trinajstić information content (AvgIpc) is 2.74. The molecule has 1 amide bonds. The molecule has 3 rings (SSSR count). The number of carbonyl (C=O) groups excluding carboxylic acids is 2. The first-order valence-electron chi connectivity index (χ1n) is 9.05. The lowest BCUT2D eigenvalue weighted by atomic mass is 10.2. The molecule has 0 aliphatic rings. The zero-order valence-corrected chi connectivity index (χ0v) is 16.6. The number of nitrogens with one attached hydrogen (secondary N) is 1. The van der Waals surface area contributed by atoms with E-state index >= 15 is 0 Å². The van der Waals surface area contributed by atoms with Gasteiger partial charge < -0.3 is 14.8 Å². The van der Waals surface area contributed by atoms with Gasteiger partial charge >= 0.3 is 5.97 Å². The maximum Gasteiger partial charge on any atom is 0.338 e. The van der Waals surface area contributed by atoms with E-state index < -0.39 is 18.0 Å². The molecule has 1 atom stereocenters. The Kier molecular flexibility index (Phi) is 6.87. The first-order chi connectivity index (χ1) is 14.0. The maximum absolute atomic E-state index is 12.3. The third-order valence-corrected chi connectivity index (χ3v) is 4.36. The number of benzene rings is 3. The van der Waals surface area contributed by atoms with E-state index in [1.807, 2.05) is 30.3 Å². The Morgan fingerprint density at radius 1 is 0.931 bits per heavy atom. The Morgan fingerprint density at radius 2 is 1.59 bits per heavy atom. The van der Waals surface area contributed by atoms with Crippen LogP contribution in [0.2, 0.25) is 5.02 Å². The van der Waals surface area contributed by atoms with Crippen LogP contribution in [0, 0.1) is 0 Å². The largest absolute Gasteiger partial charge is 0.489 e. The number of hydrogen-bond donors (Lipinski definition) is 1. The number of carbonyl (C=O) groups is 2. The predicted octanol–water partition coefficient (Wildman–Crippen LogP) is 5.10. The van der Waals surface area contributed by atoms with Gasteiger partial charge in [-0.1, -0.05) is 41.9 Å². The van der Waals surface area contributed by atoms with Crippen LogP contribution in [0.4, 0.5) is 5.69 Å². The molecule has 29 heavy (non-hydrogen) atoms.